The molecule has 1 aromatic carbocycles. The average molecular weight is 325 g/mol. The molecule has 1 N–H and O–H groups in total. The molecule has 4 rings (SSSR count). The van der Waals surface area contributed by atoms with Gasteiger partial charge in [0, 0.05) is 44.3 Å². The SMILES string of the molecule is CO[C@@H]1CN(Cc2cc(-c3ccccc3)on2)C[C@H]1c1cn[nH]n1. The van der Waals surface area contributed by atoms with E-state index in [0.29, 0.717) is 0 Å². The Morgan fingerprint density at radius 1 is 1.29 bits per heavy atom. The lowest BCUT2D eigenvalue weighted by Crippen LogP contribution is -2.22. The molecule has 0 unspecified atom stereocenters. The zero-order valence-corrected chi connectivity index (χ0v) is 13.4. The number of nitrogens with zero attached hydrogens (tertiary/aromatic N) is 4. The van der Waals surface area contributed by atoms with Crippen LogP contribution in [0.5, 0.6) is 0 Å². The van der Waals surface area contributed by atoms with Crippen LogP contribution in [-0.4, -0.2) is 51.8 Å². The second-order valence-electron chi connectivity index (χ2n) is 6.02. The van der Waals surface area contributed by atoms with Crippen molar-refractivity contribution in [1.82, 2.24) is 25.5 Å². The Kier molecular flexibility index (Phi) is 4.10. The highest BCUT2D eigenvalue weighted by atomic mass is 16.5. The number of hydrogen-bond acceptors (Lipinski definition) is 6. The summed E-state index contributed by atoms with van der Waals surface area (Å²) in [5, 5.41) is 15.0. The van der Waals surface area contributed by atoms with Gasteiger partial charge < -0.3 is 9.26 Å². The van der Waals surface area contributed by atoms with Crippen molar-refractivity contribution in [3.05, 3.63) is 54.0 Å². The van der Waals surface area contributed by atoms with Gasteiger partial charge >= 0.3 is 0 Å². The van der Waals surface area contributed by atoms with E-state index in [-0.39, 0.29) is 12.0 Å². The number of benzene rings is 1. The van der Waals surface area contributed by atoms with Gasteiger partial charge in [-0.2, -0.15) is 15.4 Å². The normalized spacial score (nSPS) is 21.4. The van der Waals surface area contributed by atoms with E-state index in [2.05, 4.69) is 25.5 Å². The zero-order valence-electron chi connectivity index (χ0n) is 13.4. The van der Waals surface area contributed by atoms with Gasteiger partial charge in [-0.1, -0.05) is 35.5 Å². The van der Waals surface area contributed by atoms with E-state index in [9.17, 15) is 0 Å². The molecule has 2 aromatic heterocycles. The molecule has 7 heteroatoms. The van der Waals surface area contributed by atoms with E-state index in [4.69, 9.17) is 9.26 Å². The number of likely N-dealkylation sites (tertiary alicyclic amines) is 1. The first-order chi connectivity index (χ1) is 11.8. The van der Waals surface area contributed by atoms with Gasteiger partial charge in [0.25, 0.3) is 0 Å². The van der Waals surface area contributed by atoms with Crippen LogP contribution in [0.2, 0.25) is 0 Å². The summed E-state index contributed by atoms with van der Waals surface area (Å²) in [6.07, 6.45) is 1.87. The highest BCUT2D eigenvalue weighted by Gasteiger charge is 2.35. The molecule has 124 valence electrons. The van der Waals surface area contributed by atoms with Gasteiger partial charge in [0.05, 0.1) is 23.7 Å². The predicted octanol–water partition coefficient (Wildman–Crippen LogP) is 2.07. The molecule has 0 spiro atoms. The fraction of sp³-hybridized carbons (Fsp3) is 0.353. The van der Waals surface area contributed by atoms with Gasteiger partial charge in [0.2, 0.25) is 0 Å². The van der Waals surface area contributed by atoms with E-state index < -0.39 is 0 Å². The molecule has 1 fully saturated rings. The second kappa shape index (κ2) is 6.54. The second-order valence-corrected chi connectivity index (χ2v) is 6.02. The average Bonchev–Trinajstić information content (AvgIpc) is 3.36. The van der Waals surface area contributed by atoms with Gasteiger partial charge in [0.1, 0.15) is 0 Å². The van der Waals surface area contributed by atoms with Crippen LogP contribution in [-0.2, 0) is 11.3 Å². The number of H-pyrrole nitrogens is 1. The zero-order chi connectivity index (χ0) is 16.4. The molecule has 3 heterocycles. The Labute approximate surface area is 139 Å². The third kappa shape index (κ3) is 2.95. The number of nitrogens with one attached hydrogen (secondary N) is 1. The highest BCUT2D eigenvalue weighted by molar-refractivity contribution is 5.56. The van der Waals surface area contributed by atoms with Gasteiger partial charge in [0.15, 0.2) is 5.76 Å². The number of aromatic nitrogens is 4. The van der Waals surface area contributed by atoms with Gasteiger partial charge in [-0.25, -0.2) is 0 Å². The highest BCUT2D eigenvalue weighted by Crippen LogP contribution is 2.29. The van der Waals surface area contributed by atoms with Crippen LogP contribution < -0.4 is 0 Å². The Hall–Kier alpha value is -2.51. The molecule has 1 saturated heterocycles. The number of rotatable bonds is 5. The minimum atomic E-state index is 0.107. The smallest absolute Gasteiger partial charge is 0.167 e. The van der Waals surface area contributed by atoms with Gasteiger partial charge in [-0.3, -0.25) is 4.90 Å². The molecule has 1 aliphatic rings. The Morgan fingerprint density at radius 3 is 2.92 bits per heavy atom. The fourth-order valence-electron chi connectivity index (χ4n) is 3.25. The van der Waals surface area contributed by atoms with Crippen LogP contribution >= 0.6 is 0 Å². The first-order valence-electron chi connectivity index (χ1n) is 7.95. The van der Waals surface area contributed by atoms with Crippen molar-refractivity contribution in [1.29, 1.82) is 0 Å². The fourth-order valence-corrected chi connectivity index (χ4v) is 3.25. The molecule has 24 heavy (non-hydrogen) atoms. The van der Waals surface area contributed by atoms with Crippen molar-refractivity contribution in [2.24, 2.45) is 0 Å². The summed E-state index contributed by atoms with van der Waals surface area (Å²) in [7, 11) is 1.74. The maximum absolute atomic E-state index is 5.62. The maximum atomic E-state index is 5.62. The minimum Gasteiger partial charge on any atom is -0.379 e. The summed E-state index contributed by atoms with van der Waals surface area (Å²) in [6, 6.07) is 12.0. The van der Waals surface area contributed by atoms with Crippen LogP contribution in [0, 0.1) is 0 Å². The lowest BCUT2D eigenvalue weighted by Gasteiger charge is -2.13. The molecule has 0 saturated carbocycles. The minimum absolute atomic E-state index is 0.107. The van der Waals surface area contributed by atoms with Crippen LogP contribution in [0.25, 0.3) is 11.3 Å². The van der Waals surface area contributed by atoms with Crippen LogP contribution in [0.4, 0.5) is 0 Å². The summed E-state index contributed by atoms with van der Waals surface area (Å²) in [5.41, 5.74) is 2.90. The maximum Gasteiger partial charge on any atom is 0.167 e. The molecule has 2 atom stereocenters. The summed E-state index contributed by atoms with van der Waals surface area (Å²) in [4.78, 5) is 2.31. The van der Waals surface area contributed by atoms with E-state index in [1.807, 2.05) is 36.4 Å². The van der Waals surface area contributed by atoms with Gasteiger partial charge in [-0.05, 0) is 0 Å². The Bertz CT molecular complexity index is 771. The van der Waals surface area contributed by atoms with E-state index in [1.54, 1.807) is 13.3 Å². The lowest BCUT2D eigenvalue weighted by molar-refractivity contribution is 0.0955. The van der Waals surface area contributed by atoms with E-state index >= 15 is 0 Å². The lowest BCUT2D eigenvalue weighted by atomic mass is 10.0. The van der Waals surface area contributed by atoms with Crippen molar-refractivity contribution in [3.8, 4) is 11.3 Å². The van der Waals surface area contributed by atoms with Crippen molar-refractivity contribution in [2.75, 3.05) is 20.2 Å². The van der Waals surface area contributed by atoms with Crippen LogP contribution in [0.15, 0.2) is 47.1 Å². The molecule has 1 aliphatic heterocycles. The molecule has 7 nitrogen and oxygen atoms in total. The summed E-state index contributed by atoms with van der Waals surface area (Å²) in [6.45, 7) is 2.42. The van der Waals surface area contributed by atoms with Crippen LogP contribution in [0.1, 0.15) is 17.3 Å². The molecule has 0 aliphatic carbocycles. The summed E-state index contributed by atoms with van der Waals surface area (Å²) < 4.78 is 11.1. The molecule has 3 aromatic rings. The van der Waals surface area contributed by atoms with Gasteiger partial charge in [-0.15, -0.1) is 0 Å². The largest absolute Gasteiger partial charge is 0.379 e. The predicted molar refractivity (Wildman–Crippen MR) is 87.1 cm³/mol. The Morgan fingerprint density at radius 2 is 2.17 bits per heavy atom. The van der Waals surface area contributed by atoms with E-state index in [0.717, 1.165) is 42.3 Å². The molecule has 0 radical (unpaired) electrons. The monoisotopic (exact) mass is 325 g/mol. The van der Waals surface area contributed by atoms with Crippen molar-refractivity contribution < 1.29 is 9.26 Å². The van der Waals surface area contributed by atoms with Crippen molar-refractivity contribution in [2.45, 2.75) is 18.6 Å². The third-order valence-corrected chi connectivity index (χ3v) is 4.46. The molecule has 0 bridgehead atoms. The van der Waals surface area contributed by atoms with Crippen molar-refractivity contribution >= 4 is 0 Å². The number of methoxy groups -OCH3 is 1. The number of hydrogen-bond donors (Lipinski definition) is 1. The molecular weight excluding hydrogens is 306 g/mol. The summed E-state index contributed by atoms with van der Waals surface area (Å²) in [5.74, 6) is 1.01. The van der Waals surface area contributed by atoms with Crippen LogP contribution in [0.3, 0.4) is 0 Å². The molecular formula is C17H19N5O2. The quantitative estimate of drug-likeness (QED) is 0.773. The van der Waals surface area contributed by atoms with E-state index in [1.165, 1.54) is 0 Å². The first kappa shape index (κ1) is 15.0. The summed E-state index contributed by atoms with van der Waals surface area (Å²) >= 11 is 0. The van der Waals surface area contributed by atoms with Crippen molar-refractivity contribution in [3.63, 3.8) is 0 Å². The number of aromatic amines is 1. The standard InChI is InChI=1S/C17H19N5O2/c1-23-17-11-22(10-14(17)15-8-18-21-19-15)9-13-7-16(24-20-13)12-5-3-2-4-6-12/h2-8,14,17H,9-11H2,1H3,(H,18,19,21)/t14-,17+/m0/s1. The Balaban J connectivity index is 1.46. The number of ether oxygens (including phenoxy) is 1. The third-order valence-electron chi connectivity index (χ3n) is 4.46. The first-order valence-corrected chi connectivity index (χ1v) is 7.95. The molecule has 0 amide bonds. The topological polar surface area (TPSA) is 80.1 Å².